The molecule has 4 heteroatoms. The van der Waals surface area contributed by atoms with E-state index in [4.69, 9.17) is 4.74 Å². The molecule has 2 aliphatic carbocycles. The number of para-hydroxylation sites is 1. The van der Waals surface area contributed by atoms with Gasteiger partial charge in [-0.15, -0.1) is 0 Å². The zero-order valence-corrected chi connectivity index (χ0v) is 18.5. The minimum absolute atomic E-state index is 0.0835. The number of ether oxygens (including phenoxy) is 1. The number of aromatic nitrogens is 1. The monoisotopic (exact) mass is 418 g/mol. The van der Waals surface area contributed by atoms with Gasteiger partial charge in [-0.1, -0.05) is 24.3 Å². The second kappa shape index (κ2) is 7.09. The quantitative estimate of drug-likeness (QED) is 0.587. The van der Waals surface area contributed by atoms with Gasteiger partial charge in [0.2, 0.25) is 0 Å². The lowest BCUT2D eigenvalue weighted by Crippen LogP contribution is -2.54. The van der Waals surface area contributed by atoms with Crippen molar-refractivity contribution in [2.45, 2.75) is 37.5 Å². The fourth-order valence-corrected chi connectivity index (χ4v) is 6.47. The maximum atomic E-state index is 14.8. The molecular formula is C27H31FN2O. The SMILES string of the molecule is COc1cccc(C23CCN(CC4CC4)CC2Cc2c(n(C)c4c(F)cccc24)C3)c1. The van der Waals surface area contributed by atoms with Crippen LogP contribution in [0.25, 0.3) is 10.9 Å². The number of likely N-dealkylation sites (tertiary alicyclic amines) is 1. The number of nitrogens with zero attached hydrogens (tertiary/aromatic N) is 2. The van der Waals surface area contributed by atoms with Crippen LogP contribution in [0.1, 0.15) is 36.1 Å². The van der Waals surface area contributed by atoms with Crippen molar-refractivity contribution in [2.75, 3.05) is 26.7 Å². The first-order chi connectivity index (χ1) is 15.1. The summed E-state index contributed by atoms with van der Waals surface area (Å²) in [4.78, 5) is 2.71. The van der Waals surface area contributed by atoms with Crippen LogP contribution in [0.5, 0.6) is 5.75 Å². The third-order valence-corrected chi connectivity index (χ3v) is 8.33. The van der Waals surface area contributed by atoms with Gasteiger partial charge in [-0.3, -0.25) is 0 Å². The van der Waals surface area contributed by atoms with E-state index in [1.807, 2.05) is 19.2 Å². The first-order valence-electron chi connectivity index (χ1n) is 11.7. The molecule has 2 unspecified atom stereocenters. The first-order valence-corrected chi connectivity index (χ1v) is 11.7. The van der Waals surface area contributed by atoms with Crippen molar-refractivity contribution in [3.8, 4) is 5.75 Å². The van der Waals surface area contributed by atoms with Crippen LogP contribution in [0.3, 0.4) is 0 Å². The van der Waals surface area contributed by atoms with Crippen molar-refractivity contribution in [1.29, 1.82) is 0 Å². The lowest BCUT2D eigenvalue weighted by atomic mass is 9.58. The average Bonchev–Trinajstić information content (AvgIpc) is 3.57. The summed E-state index contributed by atoms with van der Waals surface area (Å²) in [7, 11) is 3.80. The zero-order chi connectivity index (χ0) is 21.2. The van der Waals surface area contributed by atoms with Crippen LogP contribution in [-0.4, -0.2) is 36.2 Å². The number of halogens is 1. The highest BCUT2D eigenvalue weighted by Gasteiger charge is 2.49. The van der Waals surface area contributed by atoms with Crippen molar-refractivity contribution in [3.05, 3.63) is 65.1 Å². The summed E-state index contributed by atoms with van der Waals surface area (Å²) in [5, 5.41) is 1.11. The molecule has 1 saturated carbocycles. The molecular weight excluding hydrogens is 387 g/mol. The predicted molar refractivity (Wildman–Crippen MR) is 122 cm³/mol. The molecule has 3 aromatic rings. The van der Waals surface area contributed by atoms with E-state index in [0.717, 1.165) is 54.9 Å². The molecule has 0 radical (unpaired) electrons. The molecule has 1 saturated heterocycles. The third-order valence-electron chi connectivity index (χ3n) is 8.33. The number of rotatable bonds is 4. The summed E-state index contributed by atoms with van der Waals surface area (Å²) in [5.41, 5.74) is 4.92. The predicted octanol–water partition coefficient (Wildman–Crippen LogP) is 5.09. The Kier molecular flexibility index (Phi) is 4.43. The van der Waals surface area contributed by atoms with E-state index < -0.39 is 0 Å². The van der Waals surface area contributed by atoms with Gasteiger partial charge in [0.1, 0.15) is 11.6 Å². The molecule has 0 spiro atoms. The standard InChI is InChI=1S/C27H31FN2O/c1-29-25-15-27(19-5-3-6-21(13-19)31-2)11-12-30(16-18-9-10-18)17-20(27)14-23(25)22-7-4-8-24(28)26(22)29/h3-8,13,18,20H,9-12,14-17H2,1-2H3. The zero-order valence-electron chi connectivity index (χ0n) is 18.5. The lowest BCUT2D eigenvalue weighted by Gasteiger charge is -2.51. The highest BCUT2D eigenvalue weighted by atomic mass is 19.1. The number of piperidine rings is 1. The fraction of sp³-hybridized carbons (Fsp3) is 0.481. The molecule has 3 nitrogen and oxygen atoms in total. The normalized spacial score (nSPS) is 26.0. The molecule has 0 N–H and O–H groups in total. The van der Waals surface area contributed by atoms with Crippen molar-refractivity contribution < 1.29 is 9.13 Å². The molecule has 0 bridgehead atoms. The van der Waals surface area contributed by atoms with Crippen molar-refractivity contribution >= 4 is 10.9 Å². The van der Waals surface area contributed by atoms with Crippen molar-refractivity contribution in [2.24, 2.45) is 18.9 Å². The molecule has 2 aromatic carbocycles. The lowest BCUT2D eigenvalue weighted by molar-refractivity contribution is 0.0775. The van der Waals surface area contributed by atoms with Crippen LogP contribution in [0.15, 0.2) is 42.5 Å². The summed E-state index contributed by atoms with van der Waals surface area (Å²) < 4.78 is 22.5. The maximum Gasteiger partial charge on any atom is 0.147 e. The number of hydrogen-bond acceptors (Lipinski definition) is 2. The van der Waals surface area contributed by atoms with E-state index in [-0.39, 0.29) is 11.2 Å². The van der Waals surface area contributed by atoms with Crippen LogP contribution >= 0.6 is 0 Å². The summed E-state index contributed by atoms with van der Waals surface area (Å²) in [6.07, 6.45) is 5.95. The Labute approximate surface area is 183 Å². The summed E-state index contributed by atoms with van der Waals surface area (Å²) in [6, 6.07) is 14.3. The van der Waals surface area contributed by atoms with Crippen molar-refractivity contribution in [1.82, 2.24) is 9.47 Å². The molecule has 2 atom stereocenters. The Morgan fingerprint density at radius 2 is 2.00 bits per heavy atom. The maximum absolute atomic E-state index is 14.8. The van der Waals surface area contributed by atoms with E-state index in [0.29, 0.717) is 5.92 Å². The van der Waals surface area contributed by atoms with E-state index in [1.54, 1.807) is 13.2 Å². The first kappa shape index (κ1) is 19.4. The van der Waals surface area contributed by atoms with E-state index in [2.05, 4.69) is 33.7 Å². The molecule has 3 aliphatic rings. The molecule has 6 rings (SSSR count). The second-order valence-electron chi connectivity index (χ2n) is 10.0. The molecule has 2 heterocycles. The van der Waals surface area contributed by atoms with Crippen LogP contribution in [-0.2, 0) is 25.3 Å². The van der Waals surface area contributed by atoms with Crippen LogP contribution in [0, 0.1) is 17.7 Å². The van der Waals surface area contributed by atoms with Crippen LogP contribution in [0.2, 0.25) is 0 Å². The minimum atomic E-state index is -0.108. The van der Waals surface area contributed by atoms with E-state index in [1.165, 1.54) is 36.2 Å². The van der Waals surface area contributed by atoms with Crippen LogP contribution < -0.4 is 4.74 Å². The molecule has 0 amide bonds. The Balaban J connectivity index is 1.48. The Hall–Kier alpha value is -2.33. The van der Waals surface area contributed by atoms with E-state index >= 15 is 0 Å². The molecule has 1 aromatic heterocycles. The summed E-state index contributed by atoms with van der Waals surface area (Å²) in [5.74, 6) is 2.27. The van der Waals surface area contributed by atoms with Crippen molar-refractivity contribution in [3.63, 3.8) is 0 Å². The van der Waals surface area contributed by atoms with Gasteiger partial charge in [-0.05, 0) is 79.8 Å². The number of aryl methyl sites for hydroxylation is 1. The van der Waals surface area contributed by atoms with Gasteiger partial charge in [-0.25, -0.2) is 4.39 Å². The summed E-state index contributed by atoms with van der Waals surface area (Å²) >= 11 is 0. The number of benzene rings is 2. The third kappa shape index (κ3) is 3.02. The average molecular weight is 419 g/mol. The smallest absolute Gasteiger partial charge is 0.147 e. The number of methoxy groups -OCH3 is 1. The van der Waals surface area contributed by atoms with Crippen LogP contribution in [0.4, 0.5) is 4.39 Å². The highest BCUT2D eigenvalue weighted by molar-refractivity contribution is 5.86. The molecule has 31 heavy (non-hydrogen) atoms. The van der Waals surface area contributed by atoms with Gasteiger partial charge in [-0.2, -0.15) is 0 Å². The van der Waals surface area contributed by atoms with Gasteiger partial charge < -0.3 is 14.2 Å². The van der Waals surface area contributed by atoms with Gasteiger partial charge in [0.05, 0.1) is 12.6 Å². The Bertz CT molecular complexity index is 1150. The van der Waals surface area contributed by atoms with Gasteiger partial charge >= 0.3 is 0 Å². The fourth-order valence-electron chi connectivity index (χ4n) is 6.47. The molecule has 2 fully saturated rings. The van der Waals surface area contributed by atoms with Gasteiger partial charge in [0, 0.05) is 36.6 Å². The minimum Gasteiger partial charge on any atom is -0.497 e. The number of hydrogen-bond donors (Lipinski definition) is 0. The Morgan fingerprint density at radius 1 is 1.16 bits per heavy atom. The van der Waals surface area contributed by atoms with Gasteiger partial charge in [0.25, 0.3) is 0 Å². The largest absolute Gasteiger partial charge is 0.497 e. The highest BCUT2D eigenvalue weighted by Crippen LogP contribution is 2.50. The number of fused-ring (bicyclic) bond motifs is 4. The Morgan fingerprint density at radius 3 is 2.81 bits per heavy atom. The molecule has 162 valence electrons. The molecule has 1 aliphatic heterocycles. The second-order valence-corrected chi connectivity index (χ2v) is 10.0. The topological polar surface area (TPSA) is 17.4 Å². The van der Waals surface area contributed by atoms with E-state index in [9.17, 15) is 4.39 Å². The summed E-state index contributed by atoms with van der Waals surface area (Å²) in [6.45, 7) is 3.54. The van der Waals surface area contributed by atoms with Gasteiger partial charge in [0.15, 0.2) is 0 Å².